The van der Waals surface area contributed by atoms with Gasteiger partial charge in [-0.1, -0.05) is 0 Å². The SMILES string of the molecule is COc1ccc(-n2nc(C)c3nnc(Nc4ccc(P(C)(C)=O)cc4)nc32)cc1. The molecular formula is C20H21N6O2P. The molecule has 0 saturated heterocycles. The number of aryl methyl sites for hydroxylation is 1. The zero-order valence-electron chi connectivity index (χ0n) is 16.6. The third-order valence-electron chi connectivity index (χ3n) is 4.52. The molecule has 0 atom stereocenters. The van der Waals surface area contributed by atoms with Crippen molar-refractivity contribution in [2.75, 3.05) is 25.8 Å². The summed E-state index contributed by atoms with van der Waals surface area (Å²) in [6.45, 7) is 5.37. The molecule has 0 radical (unpaired) electrons. The standard InChI is InChI=1S/C20H21N6O2P/c1-13-18-19(26(25-13)15-7-9-16(28-2)10-8-15)22-20(24-23-18)21-14-5-11-17(12-6-14)29(3,4)27/h5-12H,1-4H3,(H,21,22,24). The molecule has 0 unspecified atom stereocenters. The van der Waals surface area contributed by atoms with Crippen LogP contribution < -0.4 is 15.4 Å². The smallest absolute Gasteiger partial charge is 0.249 e. The Kier molecular flexibility index (Phi) is 4.80. The fourth-order valence-corrected chi connectivity index (χ4v) is 3.80. The highest BCUT2D eigenvalue weighted by Gasteiger charge is 2.15. The van der Waals surface area contributed by atoms with Gasteiger partial charge < -0.3 is 14.6 Å². The van der Waals surface area contributed by atoms with Crippen LogP contribution >= 0.6 is 7.14 Å². The number of anilines is 2. The summed E-state index contributed by atoms with van der Waals surface area (Å²) in [5.74, 6) is 1.13. The van der Waals surface area contributed by atoms with Gasteiger partial charge in [-0.2, -0.15) is 10.1 Å². The number of hydrogen-bond donors (Lipinski definition) is 1. The Morgan fingerprint density at radius 1 is 1.00 bits per heavy atom. The Labute approximate surface area is 168 Å². The molecule has 8 nitrogen and oxygen atoms in total. The largest absolute Gasteiger partial charge is 0.497 e. The summed E-state index contributed by atoms with van der Waals surface area (Å²) in [5.41, 5.74) is 3.62. The lowest BCUT2D eigenvalue weighted by Crippen LogP contribution is -2.05. The van der Waals surface area contributed by atoms with Crippen LogP contribution in [-0.4, -0.2) is 45.4 Å². The normalized spacial score (nSPS) is 11.6. The molecule has 0 aliphatic rings. The number of nitrogens with one attached hydrogen (secondary N) is 1. The minimum absolute atomic E-state index is 0.357. The van der Waals surface area contributed by atoms with E-state index < -0.39 is 7.14 Å². The van der Waals surface area contributed by atoms with Gasteiger partial charge in [-0.05, 0) is 68.8 Å². The average molecular weight is 408 g/mol. The van der Waals surface area contributed by atoms with Crippen LogP contribution in [0.25, 0.3) is 16.9 Å². The van der Waals surface area contributed by atoms with E-state index in [1.165, 1.54) is 0 Å². The molecule has 4 aromatic rings. The second-order valence-corrected chi connectivity index (χ2v) is 10.2. The minimum Gasteiger partial charge on any atom is -0.497 e. The number of rotatable bonds is 5. The molecule has 0 saturated carbocycles. The van der Waals surface area contributed by atoms with E-state index in [9.17, 15) is 4.57 Å². The number of fused-ring (bicyclic) bond motifs is 1. The van der Waals surface area contributed by atoms with Gasteiger partial charge in [0, 0.05) is 11.0 Å². The first-order chi connectivity index (χ1) is 13.8. The number of methoxy groups -OCH3 is 1. The van der Waals surface area contributed by atoms with E-state index in [4.69, 9.17) is 4.74 Å². The van der Waals surface area contributed by atoms with E-state index in [1.807, 2.05) is 55.5 Å². The Morgan fingerprint density at radius 3 is 2.31 bits per heavy atom. The first-order valence-electron chi connectivity index (χ1n) is 9.02. The summed E-state index contributed by atoms with van der Waals surface area (Å²) >= 11 is 0. The molecule has 148 valence electrons. The van der Waals surface area contributed by atoms with Crippen molar-refractivity contribution in [2.45, 2.75) is 6.92 Å². The van der Waals surface area contributed by atoms with Crippen molar-refractivity contribution < 1.29 is 9.30 Å². The maximum Gasteiger partial charge on any atom is 0.249 e. The average Bonchev–Trinajstić information content (AvgIpc) is 3.04. The molecule has 9 heteroatoms. The monoisotopic (exact) mass is 408 g/mol. The lowest BCUT2D eigenvalue weighted by Gasteiger charge is -2.09. The number of ether oxygens (including phenoxy) is 1. The third kappa shape index (κ3) is 3.84. The molecule has 2 aromatic heterocycles. The number of hydrogen-bond acceptors (Lipinski definition) is 7. The van der Waals surface area contributed by atoms with Crippen LogP contribution in [0, 0.1) is 6.92 Å². The van der Waals surface area contributed by atoms with E-state index >= 15 is 0 Å². The summed E-state index contributed by atoms with van der Waals surface area (Å²) in [7, 11) is -0.660. The van der Waals surface area contributed by atoms with Gasteiger partial charge in [0.15, 0.2) is 11.2 Å². The van der Waals surface area contributed by atoms with Crippen LogP contribution in [0.15, 0.2) is 48.5 Å². The highest BCUT2D eigenvalue weighted by Crippen LogP contribution is 2.34. The lowest BCUT2D eigenvalue weighted by molar-refractivity contribution is 0.414. The Hall–Kier alpha value is -3.25. The Bertz CT molecular complexity index is 1210. The summed E-state index contributed by atoms with van der Waals surface area (Å²) in [6, 6.07) is 15.0. The van der Waals surface area contributed by atoms with Gasteiger partial charge in [-0.25, -0.2) is 4.68 Å². The molecule has 0 bridgehead atoms. The van der Waals surface area contributed by atoms with Gasteiger partial charge in [-0.15, -0.1) is 10.2 Å². The summed E-state index contributed by atoms with van der Waals surface area (Å²) in [6.07, 6.45) is 0. The van der Waals surface area contributed by atoms with Crippen molar-refractivity contribution in [1.29, 1.82) is 0 Å². The fraction of sp³-hybridized carbons (Fsp3) is 0.200. The minimum atomic E-state index is -2.29. The number of benzene rings is 2. The topological polar surface area (TPSA) is 94.8 Å². The van der Waals surface area contributed by atoms with Crippen molar-refractivity contribution in [3.63, 3.8) is 0 Å². The molecule has 2 heterocycles. The van der Waals surface area contributed by atoms with Crippen LogP contribution in [0.1, 0.15) is 5.69 Å². The zero-order chi connectivity index (χ0) is 20.6. The Morgan fingerprint density at radius 2 is 1.69 bits per heavy atom. The van der Waals surface area contributed by atoms with E-state index in [2.05, 4.69) is 25.6 Å². The van der Waals surface area contributed by atoms with Crippen LogP contribution in [0.3, 0.4) is 0 Å². The predicted octanol–water partition coefficient (Wildman–Crippen LogP) is 3.52. The predicted molar refractivity (Wildman–Crippen MR) is 115 cm³/mol. The maximum absolute atomic E-state index is 12.2. The van der Waals surface area contributed by atoms with Crippen molar-refractivity contribution >= 4 is 35.2 Å². The van der Waals surface area contributed by atoms with Crippen molar-refractivity contribution in [1.82, 2.24) is 25.0 Å². The fourth-order valence-electron chi connectivity index (χ4n) is 2.93. The summed E-state index contributed by atoms with van der Waals surface area (Å²) < 4.78 is 19.1. The molecule has 0 amide bonds. The van der Waals surface area contributed by atoms with Crippen molar-refractivity contribution in [2.24, 2.45) is 0 Å². The molecule has 0 fully saturated rings. The molecule has 0 spiro atoms. The number of aromatic nitrogens is 5. The summed E-state index contributed by atoms with van der Waals surface area (Å²) in [4.78, 5) is 4.61. The molecule has 2 aromatic carbocycles. The van der Waals surface area contributed by atoms with E-state index in [1.54, 1.807) is 25.1 Å². The lowest BCUT2D eigenvalue weighted by atomic mass is 10.3. The highest BCUT2D eigenvalue weighted by molar-refractivity contribution is 7.70. The summed E-state index contributed by atoms with van der Waals surface area (Å²) in [5, 5.41) is 17.0. The molecular weight excluding hydrogens is 387 g/mol. The van der Waals surface area contributed by atoms with Crippen LogP contribution in [-0.2, 0) is 4.57 Å². The molecule has 29 heavy (non-hydrogen) atoms. The van der Waals surface area contributed by atoms with E-state index in [-0.39, 0.29) is 0 Å². The highest BCUT2D eigenvalue weighted by atomic mass is 31.2. The number of nitrogens with zero attached hydrogens (tertiary/aromatic N) is 5. The van der Waals surface area contributed by atoms with Crippen LogP contribution in [0.2, 0.25) is 0 Å². The zero-order valence-corrected chi connectivity index (χ0v) is 17.5. The quantitative estimate of drug-likeness (QED) is 0.505. The first-order valence-corrected chi connectivity index (χ1v) is 11.6. The Balaban J connectivity index is 1.69. The second-order valence-electron chi connectivity index (χ2n) is 7.03. The molecule has 4 rings (SSSR count). The van der Waals surface area contributed by atoms with Gasteiger partial charge >= 0.3 is 0 Å². The van der Waals surface area contributed by atoms with Gasteiger partial charge in [-0.3, -0.25) is 0 Å². The van der Waals surface area contributed by atoms with Gasteiger partial charge in [0.25, 0.3) is 0 Å². The van der Waals surface area contributed by atoms with Gasteiger partial charge in [0.05, 0.1) is 18.5 Å². The van der Waals surface area contributed by atoms with Gasteiger partial charge in [0.2, 0.25) is 5.95 Å². The van der Waals surface area contributed by atoms with Crippen LogP contribution in [0.4, 0.5) is 11.6 Å². The van der Waals surface area contributed by atoms with Gasteiger partial charge in [0.1, 0.15) is 12.9 Å². The van der Waals surface area contributed by atoms with E-state index in [0.717, 1.165) is 28.1 Å². The second kappa shape index (κ2) is 7.29. The van der Waals surface area contributed by atoms with E-state index in [0.29, 0.717) is 17.1 Å². The van der Waals surface area contributed by atoms with Crippen molar-refractivity contribution in [3.8, 4) is 11.4 Å². The molecule has 0 aliphatic heterocycles. The molecule has 1 N–H and O–H groups in total. The maximum atomic E-state index is 12.2. The molecule has 0 aliphatic carbocycles. The third-order valence-corrected chi connectivity index (χ3v) is 6.07. The van der Waals surface area contributed by atoms with Crippen LogP contribution in [0.5, 0.6) is 5.75 Å². The van der Waals surface area contributed by atoms with Crippen molar-refractivity contribution in [3.05, 3.63) is 54.2 Å². The first kappa shape index (κ1) is 19.1.